The van der Waals surface area contributed by atoms with Crippen LogP contribution in [0.4, 0.5) is 11.5 Å². The third kappa shape index (κ3) is 4.29. The fourth-order valence-electron chi connectivity index (χ4n) is 5.13. The van der Waals surface area contributed by atoms with Gasteiger partial charge in [0.05, 0.1) is 0 Å². The summed E-state index contributed by atoms with van der Waals surface area (Å²) in [4.78, 5) is 24.4. The van der Waals surface area contributed by atoms with Crippen LogP contribution in [0.1, 0.15) is 57.8 Å². The topological polar surface area (TPSA) is 39.7 Å². The van der Waals surface area contributed by atoms with Crippen LogP contribution in [0.25, 0.3) is 0 Å². The zero-order chi connectivity index (χ0) is 18.6. The number of carbonyl (C=O) groups excluding carboxylic acids is 1. The van der Waals surface area contributed by atoms with Crippen molar-refractivity contribution in [2.45, 2.75) is 63.8 Å². The molecule has 0 spiro atoms. The maximum atomic E-state index is 12.9. The molecule has 0 radical (unpaired) electrons. The minimum absolute atomic E-state index is 0.204. The zero-order valence-corrected chi connectivity index (χ0v) is 16.8. The highest BCUT2D eigenvalue weighted by Crippen LogP contribution is 2.29. The summed E-state index contributed by atoms with van der Waals surface area (Å²) < 4.78 is 0. The molecule has 3 fully saturated rings. The van der Waals surface area contributed by atoms with E-state index in [1.54, 1.807) is 0 Å². The number of anilines is 2. The lowest BCUT2D eigenvalue weighted by Gasteiger charge is -2.38. The summed E-state index contributed by atoms with van der Waals surface area (Å²) in [6.07, 6.45) is 13.2. The van der Waals surface area contributed by atoms with E-state index >= 15 is 0 Å². The van der Waals surface area contributed by atoms with Crippen molar-refractivity contribution in [1.82, 2.24) is 9.88 Å². The molecular weight excluding hydrogens is 336 g/mol. The lowest BCUT2D eigenvalue weighted by molar-refractivity contribution is -0.123. The van der Waals surface area contributed by atoms with Gasteiger partial charge in [-0.15, -0.1) is 0 Å². The van der Waals surface area contributed by atoms with Gasteiger partial charge in [0, 0.05) is 63.1 Å². The lowest BCUT2D eigenvalue weighted by Crippen LogP contribution is -2.50. The van der Waals surface area contributed by atoms with E-state index in [4.69, 9.17) is 0 Å². The molecule has 0 unspecified atom stereocenters. The van der Waals surface area contributed by atoms with Crippen LogP contribution in [-0.2, 0) is 4.79 Å². The average molecular weight is 371 g/mol. The Kier molecular flexibility index (Phi) is 5.96. The maximum Gasteiger partial charge on any atom is 0.229 e. The number of piperazine rings is 1. The van der Waals surface area contributed by atoms with Crippen molar-refractivity contribution in [3.05, 3.63) is 18.3 Å². The van der Waals surface area contributed by atoms with E-state index < -0.39 is 0 Å². The van der Waals surface area contributed by atoms with E-state index in [1.165, 1.54) is 44.9 Å². The van der Waals surface area contributed by atoms with E-state index in [0.717, 1.165) is 56.6 Å². The van der Waals surface area contributed by atoms with E-state index in [-0.39, 0.29) is 11.8 Å². The van der Waals surface area contributed by atoms with Crippen molar-refractivity contribution >= 4 is 17.4 Å². The van der Waals surface area contributed by atoms with Crippen molar-refractivity contribution in [3.63, 3.8) is 0 Å². The molecule has 1 saturated heterocycles. The molecular formula is C22H34N4O. The molecule has 5 heteroatoms. The summed E-state index contributed by atoms with van der Waals surface area (Å²) >= 11 is 0. The first-order chi connectivity index (χ1) is 13.2. The van der Waals surface area contributed by atoms with Crippen molar-refractivity contribution in [2.75, 3.05) is 43.0 Å². The summed E-state index contributed by atoms with van der Waals surface area (Å²) in [5.74, 6) is 1.50. The summed E-state index contributed by atoms with van der Waals surface area (Å²) in [5.41, 5.74) is 0.980. The van der Waals surface area contributed by atoms with Crippen LogP contribution in [0.2, 0.25) is 0 Å². The molecule has 2 heterocycles. The largest absolute Gasteiger partial charge is 0.354 e. The number of carbonyl (C=O) groups is 1. The average Bonchev–Trinajstić information content (AvgIpc) is 3.28. The van der Waals surface area contributed by atoms with Gasteiger partial charge in [0.1, 0.15) is 5.82 Å². The molecule has 1 aromatic rings. The van der Waals surface area contributed by atoms with Crippen molar-refractivity contribution in [1.29, 1.82) is 0 Å². The van der Waals surface area contributed by atoms with E-state index in [9.17, 15) is 4.79 Å². The fourth-order valence-corrected chi connectivity index (χ4v) is 5.13. The Morgan fingerprint density at radius 2 is 1.67 bits per heavy atom. The van der Waals surface area contributed by atoms with Crippen LogP contribution in [0.5, 0.6) is 0 Å². The van der Waals surface area contributed by atoms with Crippen molar-refractivity contribution in [2.24, 2.45) is 5.92 Å². The number of pyridine rings is 1. The number of rotatable bonds is 4. The van der Waals surface area contributed by atoms with Crippen LogP contribution >= 0.6 is 0 Å². The molecule has 0 atom stereocenters. The molecule has 2 aliphatic carbocycles. The predicted octanol–water partition coefficient (Wildman–Crippen LogP) is 3.69. The van der Waals surface area contributed by atoms with Gasteiger partial charge in [-0.1, -0.05) is 32.1 Å². The fraction of sp³-hybridized carbons (Fsp3) is 0.727. The second-order valence-electron chi connectivity index (χ2n) is 8.57. The van der Waals surface area contributed by atoms with Gasteiger partial charge in [0.25, 0.3) is 0 Å². The highest BCUT2D eigenvalue weighted by atomic mass is 16.2. The normalized spacial score (nSPS) is 22.9. The first-order valence-corrected chi connectivity index (χ1v) is 10.9. The lowest BCUT2D eigenvalue weighted by atomic mass is 9.88. The van der Waals surface area contributed by atoms with Gasteiger partial charge in [0.15, 0.2) is 0 Å². The molecule has 4 rings (SSSR count). The second kappa shape index (κ2) is 8.59. The molecule has 5 nitrogen and oxygen atoms in total. The summed E-state index contributed by atoms with van der Waals surface area (Å²) in [7, 11) is 1.92. The number of hydrogen-bond acceptors (Lipinski definition) is 4. The maximum absolute atomic E-state index is 12.9. The van der Waals surface area contributed by atoms with Gasteiger partial charge in [-0.25, -0.2) is 4.98 Å². The van der Waals surface area contributed by atoms with E-state index in [2.05, 4.69) is 20.9 Å². The molecule has 3 aliphatic rings. The third-order valence-electron chi connectivity index (χ3n) is 6.88. The number of nitrogens with zero attached hydrogens (tertiary/aromatic N) is 4. The highest BCUT2D eigenvalue weighted by molar-refractivity contribution is 5.94. The quantitative estimate of drug-likeness (QED) is 0.810. The molecule has 1 aliphatic heterocycles. The van der Waals surface area contributed by atoms with Crippen LogP contribution in [0, 0.1) is 5.92 Å². The predicted molar refractivity (Wildman–Crippen MR) is 110 cm³/mol. The summed E-state index contributed by atoms with van der Waals surface area (Å²) in [6.45, 7) is 4.33. The SMILES string of the molecule is CN(C(=O)C1CCCCC1)c1ccnc(N2CCN(C3CCCC3)CC2)c1. The molecule has 0 aromatic carbocycles. The number of amides is 1. The van der Waals surface area contributed by atoms with Crippen LogP contribution in [0.3, 0.4) is 0 Å². The van der Waals surface area contributed by atoms with Crippen molar-refractivity contribution in [3.8, 4) is 0 Å². The summed E-state index contributed by atoms with van der Waals surface area (Å²) in [5, 5.41) is 0. The van der Waals surface area contributed by atoms with E-state index in [0.29, 0.717) is 0 Å². The Morgan fingerprint density at radius 3 is 2.37 bits per heavy atom. The minimum Gasteiger partial charge on any atom is -0.354 e. The van der Waals surface area contributed by atoms with Crippen LogP contribution in [-0.4, -0.2) is 55.1 Å². The third-order valence-corrected chi connectivity index (χ3v) is 6.88. The highest BCUT2D eigenvalue weighted by Gasteiger charge is 2.28. The molecule has 27 heavy (non-hydrogen) atoms. The Bertz CT molecular complexity index is 629. The monoisotopic (exact) mass is 370 g/mol. The number of aromatic nitrogens is 1. The van der Waals surface area contributed by atoms with Crippen molar-refractivity contribution < 1.29 is 4.79 Å². The minimum atomic E-state index is 0.204. The standard InChI is InChI=1S/C22H34N4O/c1-24(22(27)18-7-3-2-4-8-18)20-11-12-23-21(17-20)26-15-13-25(14-16-26)19-9-5-6-10-19/h11-12,17-19H,2-10,13-16H2,1H3. The first kappa shape index (κ1) is 18.7. The molecule has 148 valence electrons. The Morgan fingerprint density at radius 1 is 1.00 bits per heavy atom. The Hall–Kier alpha value is -1.62. The summed E-state index contributed by atoms with van der Waals surface area (Å²) in [6, 6.07) is 4.89. The Labute approximate surface area is 163 Å². The van der Waals surface area contributed by atoms with Gasteiger partial charge in [-0.05, 0) is 31.7 Å². The van der Waals surface area contributed by atoms with Gasteiger partial charge in [-0.2, -0.15) is 0 Å². The zero-order valence-electron chi connectivity index (χ0n) is 16.8. The molecule has 1 amide bonds. The molecule has 1 aromatic heterocycles. The smallest absolute Gasteiger partial charge is 0.229 e. The van der Waals surface area contributed by atoms with Gasteiger partial charge >= 0.3 is 0 Å². The van der Waals surface area contributed by atoms with Crippen LogP contribution in [0.15, 0.2) is 18.3 Å². The van der Waals surface area contributed by atoms with Crippen LogP contribution < -0.4 is 9.80 Å². The van der Waals surface area contributed by atoms with Gasteiger partial charge < -0.3 is 9.80 Å². The number of hydrogen-bond donors (Lipinski definition) is 0. The molecule has 0 bridgehead atoms. The van der Waals surface area contributed by atoms with Gasteiger partial charge in [0.2, 0.25) is 5.91 Å². The molecule has 0 N–H and O–H groups in total. The Balaban J connectivity index is 1.38. The first-order valence-electron chi connectivity index (χ1n) is 10.9. The second-order valence-corrected chi connectivity index (χ2v) is 8.57. The molecule has 2 saturated carbocycles. The van der Waals surface area contributed by atoms with E-state index in [1.807, 2.05) is 24.2 Å². The van der Waals surface area contributed by atoms with Gasteiger partial charge in [-0.3, -0.25) is 9.69 Å².